The molecule has 2 aromatic heterocycles. The zero-order valence-corrected chi connectivity index (χ0v) is 15.9. The summed E-state index contributed by atoms with van der Waals surface area (Å²) in [6.07, 6.45) is -8.87. The number of nitrogens with zero attached hydrogens (tertiary/aromatic N) is 2. The molecule has 0 aliphatic rings. The summed E-state index contributed by atoms with van der Waals surface area (Å²) in [6.45, 7) is 1.26. The van der Waals surface area contributed by atoms with E-state index in [1.165, 1.54) is 13.0 Å². The van der Waals surface area contributed by atoms with E-state index in [0.29, 0.717) is 12.3 Å². The molecule has 0 saturated carbocycles. The van der Waals surface area contributed by atoms with Crippen LogP contribution in [-0.2, 0) is 22.2 Å². The molecule has 0 atom stereocenters. The van der Waals surface area contributed by atoms with Crippen LogP contribution in [0.15, 0.2) is 52.0 Å². The lowest BCUT2D eigenvalue weighted by atomic mass is 10.1. The molecule has 0 unspecified atom stereocenters. The maximum absolute atomic E-state index is 13.0. The number of benzene rings is 1. The molecule has 2 heterocycles. The molecule has 0 saturated heterocycles. The monoisotopic (exact) mass is 450 g/mol. The Hall–Kier alpha value is -2.89. The van der Waals surface area contributed by atoms with E-state index >= 15 is 0 Å². The van der Waals surface area contributed by atoms with E-state index in [9.17, 15) is 34.8 Å². The zero-order chi connectivity index (χ0) is 22.3. The number of sulfone groups is 1. The Kier molecular flexibility index (Phi) is 5.39. The van der Waals surface area contributed by atoms with E-state index in [4.69, 9.17) is 4.52 Å². The molecule has 5 nitrogen and oxygen atoms in total. The zero-order valence-electron chi connectivity index (χ0n) is 15.0. The lowest BCUT2D eigenvalue weighted by Gasteiger charge is -2.11. The maximum Gasteiger partial charge on any atom is 0.417 e. The normalized spacial score (nSPS) is 12.9. The molecule has 3 rings (SSSR count). The van der Waals surface area contributed by atoms with E-state index in [1.54, 1.807) is 0 Å². The van der Waals surface area contributed by atoms with Gasteiger partial charge in [0.15, 0.2) is 15.6 Å². The van der Waals surface area contributed by atoms with Gasteiger partial charge in [0.05, 0.1) is 21.8 Å². The highest BCUT2D eigenvalue weighted by Gasteiger charge is 2.34. The van der Waals surface area contributed by atoms with Crippen LogP contribution in [-0.4, -0.2) is 24.3 Å². The number of aromatic nitrogens is 2. The number of pyridine rings is 1. The Morgan fingerprint density at radius 2 is 1.53 bits per heavy atom. The Balaban J connectivity index is 2.06. The first-order chi connectivity index (χ1) is 13.8. The van der Waals surface area contributed by atoms with E-state index in [1.807, 2.05) is 0 Å². The average Bonchev–Trinajstić information content (AvgIpc) is 3.16. The lowest BCUT2D eigenvalue weighted by Crippen LogP contribution is -2.12. The van der Waals surface area contributed by atoms with Gasteiger partial charge in [-0.3, -0.25) is 4.98 Å². The average molecular weight is 450 g/mol. The highest BCUT2D eigenvalue weighted by Crippen LogP contribution is 2.36. The fourth-order valence-corrected chi connectivity index (χ4v) is 3.60. The van der Waals surface area contributed by atoms with Gasteiger partial charge < -0.3 is 4.52 Å². The Bertz CT molecular complexity index is 1170. The summed E-state index contributed by atoms with van der Waals surface area (Å²) in [5.41, 5.74) is -2.46. The number of alkyl halides is 6. The Morgan fingerprint density at radius 3 is 2.07 bits per heavy atom. The lowest BCUT2D eigenvalue weighted by molar-refractivity contribution is -0.138. The topological polar surface area (TPSA) is 73.1 Å². The van der Waals surface area contributed by atoms with Gasteiger partial charge >= 0.3 is 12.4 Å². The van der Waals surface area contributed by atoms with Gasteiger partial charge in [0.2, 0.25) is 0 Å². The van der Waals surface area contributed by atoms with E-state index in [0.717, 1.165) is 24.3 Å². The van der Waals surface area contributed by atoms with Gasteiger partial charge in [0.1, 0.15) is 11.4 Å². The molecule has 1 aromatic carbocycles. The molecule has 0 aliphatic heterocycles. The molecule has 0 radical (unpaired) electrons. The minimum Gasteiger partial charge on any atom is -0.356 e. The van der Waals surface area contributed by atoms with Crippen molar-refractivity contribution in [2.75, 3.05) is 5.75 Å². The predicted molar refractivity (Wildman–Crippen MR) is 92.9 cm³/mol. The van der Waals surface area contributed by atoms with Crippen LogP contribution in [0.2, 0.25) is 0 Å². The summed E-state index contributed by atoms with van der Waals surface area (Å²) in [7, 11) is -4.11. The van der Waals surface area contributed by atoms with Crippen molar-refractivity contribution in [2.45, 2.75) is 24.2 Å². The van der Waals surface area contributed by atoms with Crippen molar-refractivity contribution in [3.63, 3.8) is 0 Å². The van der Waals surface area contributed by atoms with Crippen molar-refractivity contribution in [3.8, 4) is 22.7 Å². The molecular weight excluding hydrogens is 438 g/mol. The maximum atomic E-state index is 13.0. The fourth-order valence-electron chi connectivity index (χ4n) is 2.53. The third-order valence-electron chi connectivity index (χ3n) is 4.14. The van der Waals surface area contributed by atoms with Crippen molar-refractivity contribution >= 4 is 9.84 Å². The third kappa shape index (κ3) is 4.32. The van der Waals surface area contributed by atoms with Crippen LogP contribution in [0.25, 0.3) is 22.7 Å². The number of halogens is 6. The number of hydrogen-bond donors (Lipinski definition) is 0. The van der Waals surface area contributed by atoms with E-state index in [2.05, 4.69) is 10.1 Å². The highest BCUT2D eigenvalue weighted by atomic mass is 32.2. The summed E-state index contributed by atoms with van der Waals surface area (Å²) in [5.74, 6) is -0.493. The van der Waals surface area contributed by atoms with Crippen molar-refractivity contribution in [3.05, 3.63) is 53.7 Å². The molecule has 160 valence electrons. The van der Waals surface area contributed by atoms with Crippen molar-refractivity contribution in [1.82, 2.24) is 10.1 Å². The minimum atomic E-state index is -4.81. The first kappa shape index (κ1) is 21.8. The van der Waals surface area contributed by atoms with Crippen LogP contribution in [0.4, 0.5) is 26.3 Å². The third-order valence-corrected chi connectivity index (χ3v) is 5.89. The van der Waals surface area contributed by atoms with Crippen LogP contribution in [0.5, 0.6) is 0 Å². The highest BCUT2D eigenvalue weighted by molar-refractivity contribution is 7.91. The smallest absolute Gasteiger partial charge is 0.356 e. The van der Waals surface area contributed by atoms with E-state index in [-0.39, 0.29) is 22.7 Å². The Labute approximate surface area is 166 Å². The largest absolute Gasteiger partial charge is 0.417 e. The molecule has 0 N–H and O–H groups in total. The predicted octanol–water partition coefficient (Wildman–Crippen LogP) is 5.23. The van der Waals surface area contributed by atoms with Gasteiger partial charge in [-0.15, -0.1) is 0 Å². The summed E-state index contributed by atoms with van der Waals surface area (Å²) in [5, 5.41) is 3.63. The van der Waals surface area contributed by atoms with Gasteiger partial charge in [0.25, 0.3) is 0 Å². The molecule has 0 aliphatic carbocycles. The molecular formula is C18H12F6N2O3S. The quantitative estimate of drug-likeness (QED) is 0.509. The van der Waals surface area contributed by atoms with Crippen molar-refractivity contribution < 1.29 is 39.3 Å². The van der Waals surface area contributed by atoms with E-state index < -0.39 is 44.0 Å². The summed E-state index contributed by atoms with van der Waals surface area (Å²) < 4.78 is 107. The SMILES string of the molecule is CCS(=O)(=O)c1cc(C(F)(F)F)cnc1-c1cc(-c2ccc(C(F)(F)F)cc2)on1. The summed E-state index contributed by atoms with van der Waals surface area (Å²) in [4.78, 5) is 2.94. The molecule has 30 heavy (non-hydrogen) atoms. The van der Waals surface area contributed by atoms with Crippen LogP contribution in [0, 0.1) is 0 Å². The van der Waals surface area contributed by atoms with Gasteiger partial charge in [-0.05, 0) is 18.2 Å². The second-order valence-electron chi connectivity index (χ2n) is 6.12. The molecule has 0 bridgehead atoms. The second-order valence-corrected chi connectivity index (χ2v) is 8.37. The van der Waals surface area contributed by atoms with Gasteiger partial charge in [-0.2, -0.15) is 26.3 Å². The van der Waals surface area contributed by atoms with Crippen molar-refractivity contribution in [1.29, 1.82) is 0 Å². The minimum absolute atomic E-state index is 0.0136. The first-order valence-corrected chi connectivity index (χ1v) is 9.93. The van der Waals surface area contributed by atoms with Gasteiger partial charge in [-0.25, -0.2) is 8.42 Å². The van der Waals surface area contributed by atoms with Crippen molar-refractivity contribution in [2.24, 2.45) is 0 Å². The van der Waals surface area contributed by atoms with Crippen LogP contribution < -0.4 is 0 Å². The molecule has 0 amide bonds. The van der Waals surface area contributed by atoms with Crippen LogP contribution in [0.3, 0.4) is 0 Å². The molecule has 0 spiro atoms. The molecule has 3 aromatic rings. The van der Waals surface area contributed by atoms with Gasteiger partial charge in [-0.1, -0.05) is 24.2 Å². The molecule has 0 fully saturated rings. The number of hydrogen-bond acceptors (Lipinski definition) is 5. The summed E-state index contributed by atoms with van der Waals surface area (Å²) >= 11 is 0. The summed E-state index contributed by atoms with van der Waals surface area (Å²) in [6, 6.07) is 5.54. The Morgan fingerprint density at radius 1 is 0.933 bits per heavy atom. The van der Waals surface area contributed by atoms with Gasteiger partial charge in [0, 0.05) is 17.8 Å². The first-order valence-electron chi connectivity index (χ1n) is 8.27. The number of rotatable bonds is 4. The standard InChI is InChI=1S/C18H12F6N2O3S/c1-2-30(27,28)15-7-12(18(22,23)24)9-25-16(15)13-8-14(29-26-13)10-3-5-11(6-4-10)17(19,20)21/h3-9H,2H2,1H3. The van der Waals surface area contributed by atoms with Crippen LogP contribution in [0.1, 0.15) is 18.1 Å². The molecule has 12 heteroatoms. The van der Waals surface area contributed by atoms with Crippen LogP contribution >= 0.6 is 0 Å². The fraction of sp³-hybridized carbons (Fsp3) is 0.222. The second kappa shape index (κ2) is 7.42.